The maximum absolute atomic E-state index is 12.4. The molecule has 5 heteroatoms. The van der Waals surface area contributed by atoms with E-state index in [9.17, 15) is 9.59 Å². The van der Waals surface area contributed by atoms with Crippen LogP contribution in [-0.4, -0.2) is 41.0 Å². The number of aliphatic carboxylic acids is 1. The van der Waals surface area contributed by atoms with Crippen molar-refractivity contribution in [1.82, 2.24) is 4.90 Å². The third kappa shape index (κ3) is 3.70. The van der Waals surface area contributed by atoms with E-state index in [-0.39, 0.29) is 18.4 Å². The number of hydrogen-bond donors (Lipinski definition) is 2. The van der Waals surface area contributed by atoms with Crippen LogP contribution in [0.25, 0.3) is 0 Å². The number of rotatable bonds is 5. The second-order valence-electron chi connectivity index (χ2n) is 5.67. The molecule has 0 aromatic carbocycles. The number of carboxylic acids is 1. The lowest BCUT2D eigenvalue weighted by atomic mass is 9.88. The predicted octanol–water partition coefficient (Wildman–Crippen LogP) is 1.22. The molecule has 0 aromatic rings. The Morgan fingerprint density at radius 1 is 1.39 bits per heavy atom. The smallest absolute Gasteiger partial charge is 0.303 e. The largest absolute Gasteiger partial charge is 0.481 e. The highest BCUT2D eigenvalue weighted by molar-refractivity contribution is 5.82. The number of carbonyl (C=O) groups excluding carboxylic acids is 1. The van der Waals surface area contributed by atoms with E-state index in [4.69, 9.17) is 10.8 Å². The summed E-state index contributed by atoms with van der Waals surface area (Å²) < 4.78 is 0. The van der Waals surface area contributed by atoms with Crippen molar-refractivity contribution in [2.24, 2.45) is 11.1 Å². The van der Waals surface area contributed by atoms with Gasteiger partial charge in [-0.05, 0) is 39.5 Å². The van der Waals surface area contributed by atoms with Crippen molar-refractivity contribution in [3.05, 3.63) is 0 Å². The Kier molecular flexibility index (Phi) is 5.14. The molecule has 1 saturated heterocycles. The molecule has 104 valence electrons. The molecule has 0 aliphatic carbocycles. The lowest BCUT2D eigenvalue weighted by Gasteiger charge is -2.40. The lowest BCUT2D eigenvalue weighted by molar-refractivity contribution is -0.145. The number of piperidine rings is 1. The highest BCUT2D eigenvalue weighted by Crippen LogP contribution is 2.26. The molecule has 1 fully saturated rings. The summed E-state index contributed by atoms with van der Waals surface area (Å²) in [6, 6.07) is 0.0631. The third-order valence-electron chi connectivity index (χ3n) is 3.67. The van der Waals surface area contributed by atoms with Crippen LogP contribution in [0.3, 0.4) is 0 Å². The second kappa shape index (κ2) is 6.18. The lowest BCUT2D eigenvalue weighted by Crippen LogP contribution is -2.51. The predicted molar refractivity (Wildman–Crippen MR) is 69.1 cm³/mol. The van der Waals surface area contributed by atoms with Gasteiger partial charge in [-0.15, -0.1) is 0 Å². The molecule has 1 rings (SSSR count). The fraction of sp³-hybridized carbons (Fsp3) is 0.846. The Balaban J connectivity index is 2.70. The van der Waals surface area contributed by atoms with Gasteiger partial charge in [0.1, 0.15) is 0 Å². The molecular weight excluding hydrogens is 232 g/mol. The number of nitrogens with zero attached hydrogens (tertiary/aromatic N) is 1. The molecule has 1 heterocycles. The molecule has 18 heavy (non-hydrogen) atoms. The first-order chi connectivity index (χ1) is 8.38. The molecule has 1 unspecified atom stereocenters. The van der Waals surface area contributed by atoms with E-state index < -0.39 is 11.4 Å². The van der Waals surface area contributed by atoms with Gasteiger partial charge in [0, 0.05) is 25.6 Å². The van der Waals surface area contributed by atoms with Crippen LogP contribution < -0.4 is 5.73 Å². The van der Waals surface area contributed by atoms with Crippen molar-refractivity contribution in [2.45, 2.75) is 52.0 Å². The zero-order valence-corrected chi connectivity index (χ0v) is 11.3. The van der Waals surface area contributed by atoms with Crippen LogP contribution in [0.2, 0.25) is 0 Å². The average Bonchev–Trinajstić information content (AvgIpc) is 2.35. The number of likely N-dealkylation sites (tertiary alicyclic amines) is 1. The van der Waals surface area contributed by atoms with Crippen molar-refractivity contribution < 1.29 is 14.7 Å². The zero-order valence-electron chi connectivity index (χ0n) is 11.3. The molecule has 0 bridgehead atoms. The Labute approximate surface area is 108 Å². The normalized spacial score (nSPS) is 20.8. The summed E-state index contributed by atoms with van der Waals surface area (Å²) >= 11 is 0. The van der Waals surface area contributed by atoms with Crippen molar-refractivity contribution in [1.29, 1.82) is 0 Å². The van der Waals surface area contributed by atoms with Crippen LogP contribution in [0.15, 0.2) is 0 Å². The zero-order chi connectivity index (χ0) is 13.8. The van der Waals surface area contributed by atoms with Crippen LogP contribution >= 0.6 is 0 Å². The van der Waals surface area contributed by atoms with Gasteiger partial charge in [0.25, 0.3) is 0 Å². The molecule has 1 atom stereocenters. The summed E-state index contributed by atoms with van der Waals surface area (Å²) in [5.41, 5.74) is 5.08. The first-order valence-corrected chi connectivity index (χ1v) is 6.61. The molecule has 0 radical (unpaired) electrons. The van der Waals surface area contributed by atoms with Gasteiger partial charge >= 0.3 is 5.97 Å². The van der Waals surface area contributed by atoms with Crippen LogP contribution in [0.4, 0.5) is 0 Å². The van der Waals surface area contributed by atoms with Gasteiger partial charge in [-0.3, -0.25) is 9.59 Å². The number of amides is 1. The highest BCUT2D eigenvalue weighted by Gasteiger charge is 2.35. The minimum absolute atomic E-state index is 0.0556. The van der Waals surface area contributed by atoms with Gasteiger partial charge in [0.05, 0.1) is 5.41 Å². The van der Waals surface area contributed by atoms with Gasteiger partial charge < -0.3 is 15.7 Å². The minimum Gasteiger partial charge on any atom is -0.481 e. The van der Waals surface area contributed by atoms with Gasteiger partial charge in [-0.2, -0.15) is 0 Å². The van der Waals surface area contributed by atoms with Crippen molar-refractivity contribution in [2.75, 3.05) is 13.1 Å². The highest BCUT2D eigenvalue weighted by atomic mass is 16.4. The van der Waals surface area contributed by atoms with Gasteiger partial charge in [0.15, 0.2) is 0 Å². The number of carboxylic acid groups (broad SMARTS) is 1. The van der Waals surface area contributed by atoms with Crippen molar-refractivity contribution in [3.63, 3.8) is 0 Å². The maximum Gasteiger partial charge on any atom is 0.303 e. The first kappa shape index (κ1) is 15.0. The summed E-state index contributed by atoms with van der Waals surface area (Å²) in [5, 5.41) is 8.75. The summed E-state index contributed by atoms with van der Waals surface area (Å²) in [7, 11) is 0. The number of nitrogens with two attached hydrogens (primary N) is 1. The average molecular weight is 256 g/mol. The van der Waals surface area contributed by atoms with Crippen molar-refractivity contribution in [3.8, 4) is 0 Å². The summed E-state index contributed by atoms with van der Waals surface area (Å²) in [5.74, 6) is -0.744. The molecule has 3 N–H and O–H groups in total. The Morgan fingerprint density at radius 3 is 2.61 bits per heavy atom. The van der Waals surface area contributed by atoms with Crippen LogP contribution in [0.5, 0.6) is 0 Å². The molecule has 1 aliphatic rings. The molecule has 0 spiro atoms. The number of hydrogen-bond acceptors (Lipinski definition) is 3. The van der Waals surface area contributed by atoms with Crippen molar-refractivity contribution >= 4 is 11.9 Å². The minimum atomic E-state index is -0.800. The molecule has 0 saturated carbocycles. The van der Waals surface area contributed by atoms with E-state index in [1.54, 1.807) is 0 Å². The van der Waals surface area contributed by atoms with E-state index in [1.165, 1.54) is 0 Å². The van der Waals surface area contributed by atoms with Gasteiger partial charge in [-0.25, -0.2) is 0 Å². The van der Waals surface area contributed by atoms with Gasteiger partial charge in [-0.1, -0.05) is 0 Å². The summed E-state index contributed by atoms with van der Waals surface area (Å²) in [6.45, 7) is 4.73. The molecule has 1 aliphatic heterocycles. The van der Waals surface area contributed by atoms with Crippen LogP contribution in [-0.2, 0) is 9.59 Å². The van der Waals surface area contributed by atoms with E-state index in [0.717, 1.165) is 25.8 Å². The summed E-state index contributed by atoms with van der Waals surface area (Å²) in [6.07, 6.45) is 3.63. The Hall–Kier alpha value is -1.10. The Morgan fingerprint density at radius 2 is 2.06 bits per heavy atom. The van der Waals surface area contributed by atoms with Gasteiger partial charge in [0.2, 0.25) is 5.91 Å². The SMILES string of the molecule is CC(C)(CN)C(=O)N1CCCCC1CCC(=O)O. The molecule has 5 nitrogen and oxygen atoms in total. The standard InChI is InChI=1S/C13H24N2O3/c1-13(2,9-14)12(18)15-8-4-3-5-10(15)6-7-11(16)17/h10H,3-9,14H2,1-2H3,(H,16,17). The molecule has 1 amide bonds. The van der Waals surface area contributed by atoms with Crippen LogP contribution in [0.1, 0.15) is 46.0 Å². The molecule has 0 aromatic heterocycles. The van der Waals surface area contributed by atoms with E-state index in [2.05, 4.69) is 0 Å². The second-order valence-corrected chi connectivity index (χ2v) is 5.67. The topological polar surface area (TPSA) is 83.6 Å². The van der Waals surface area contributed by atoms with E-state index >= 15 is 0 Å². The fourth-order valence-electron chi connectivity index (χ4n) is 2.33. The van der Waals surface area contributed by atoms with E-state index in [1.807, 2.05) is 18.7 Å². The third-order valence-corrected chi connectivity index (χ3v) is 3.67. The fourth-order valence-corrected chi connectivity index (χ4v) is 2.33. The van der Waals surface area contributed by atoms with E-state index in [0.29, 0.717) is 13.0 Å². The first-order valence-electron chi connectivity index (χ1n) is 6.61. The van der Waals surface area contributed by atoms with Crippen LogP contribution in [0, 0.1) is 5.41 Å². The maximum atomic E-state index is 12.4. The molecular formula is C13H24N2O3. The monoisotopic (exact) mass is 256 g/mol. The number of carbonyl (C=O) groups is 2. The Bertz CT molecular complexity index is 315. The quantitative estimate of drug-likeness (QED) is 0.774. The summed E-state index contributed by atoms with van der Waals surface area (Å²) in [4.78, 5) is 24.9.